The number of rotatable bonds is 6. The van der Waals surface area contributed by atoms with Crippen molar-refractivity contribution >= 4 is 34.6 Å². The fraction of sp³-hybridized carbons (Fsp3) is 0.200. The maximum Gasteiger partial charge on any atom is 0.354 e. The maximum atomic E-state index is 13.3. The molecule has 4 rings (SSSR count). The number of hydrogen-bond donors (Lipinski definition) is 1. The summed E-state index contributed by atoms with van der Waals surface area (Å²) >= 11 is 6.25. The molecular weight excluding hydrogens is 474 g/mol. The molecule has 35 heavy (non-hydrogen) atoms. The van der Waals surface area contributed by atoms with E-state index in [1.165, 1.54) is 23.4 Å². The van der Waals surface area contributed by atoms with Crippen LogP contribution in [0, 0.1) is 6.92 Å². The van der Waals surface area contributed by atoms with E-state index in [2.05, 4.69) is 4.98 Å². The zero-order valence-electron chi connectivity index (χ0n) is 19.3. The van der Waals surface area contributed by atoms with Crippen molar-refractivity contribution < 1.29 is 19.1 Å². The van der Waals surface area contributed by atoms with Gasteiger partial charge in [-0.25, -0.2) is 9.59 Å². The van der Waals surface area contributed by atoms with Crippen LogP contribution in [0.1, 0.15) is 37.7 Å². The number of aromatic nitrogens is 3. The second-order valence-electron chi connectivity index (χ2n) is 7.86. The number of esters is 2. The number of aromatic amines is 1. The first-order chi connectivity index (χ1) is 16.8. The lowest BCUT2D eigenvalue weighted by Crippen LogP contribution is -2.42. The highest BCUT2D eigenvalue weighted by atomic mass is 35.5. The fourth-order valence-corrected chi connectivity index (χ4v) is 4.26. The molecule has 2 aromatic carbocycles. The van der Waals surface area contributed by atoms with E-state index in [1.54, 1.807) is 25.1 Å². The van der Waals surface area contributed by atoms with Crippen molar-refractivity contribution in [1.29, 1.82) is 0 Å². The van der Waals surface area contributed by atoms with Crippen LogP contribution in [-0.2, 0) is 22.6 Å². The molecule has 0 aliphatic rings. The summed E-state index contributed by atoms with van der Waals surface area (Å²) in [5.41, 5.74) is 0.848. The first-order valence-corrected chi connectivity index (χ1v) is 11.0. The van der Waals surface area contributed by atoms with Gasteiger partial charge < -0.3 is 14.5 Å². The molecule has 0 unspecified atom stereocenters. The molecule has 9 nitrogen and oxygen atoms in total. The minimum atomic E-state index is -0.807. The number of halogens is 1. The van der Waals surface area contributed by atoms with Gasteiger partial charge in [-0.2, -0.15) is 0 Å². The highest BCUT2D eigenvalue weighted by Gasteiger charge is 2.26. The summed E-state index contributed by atoms with van der Waals surface area (Å²) in [5, 5.41) is 0.363. The summed E-state index contributed by atoms with van der Waals surface area (Å²) in [4.78, 5) is 54.1. The monoisotopic (exact) mass is 495 g/mol. The van der Waals surface area contributed by atoms with Crippen LogP contribution in [-0.4, -0.2) is 40.3 Å². The molecule has 0 amide bonds. The first-order valence-electron chi connectivity index (χ1n) is 10.6. The fourth-order valence-electron chi connectivity index (χ4n) is 4.09. The summed E-state index contributed by atoms with van der Waals surface area (Å²) in [5.74, 6) is -1.38. The van der Waals surface area contributed by atoms with Crippen LogP contribution in [0.25, 0.3) is 11.0 Å². The standard InChI is InChI=1S/C25H22ClN3O6/c1-14-20(24(32)34-2)17(27-21(14)25(33)35-3)13-29-19-11-16(26)9-10-18(19)28(22(30)23(29)31)12-15-7-5-4-6-8-15/h4-11,27H,12-13H2,1-3H3. The Morgan fingerprint density at radius 1 is 0.886 bits per heavy atom. The van der Waals surface area contributed by atoms with Crippen LogP contribution >= 0.6 is 11.6 Å². The zero-order valence-corrected chi connectivity index (χ0v) is 20.0. The van der Waals surface area contributed by atoms with Gasteiger partial charge in [0.05, 0.1) is 49.6 Å². The average Bonchev–Trinajstić information content (AvgIpc) is 3.19. The predicted octanol–water partition coefficient (Wildman–Crippen LogP) is 3.12. The van der Waals surface area contributed by atoms with Crippen molar-refractivity contribution in [2.75, 3.05) is 14.2 Å². The Hall–Kier alpha value is -4.11. The smallest absolute Gasteiger partial charge is 0.354 e. The topological polar surface area (TPSA) is 112 Å². The molecule has 0 saturated carbocycles. The van der Waals surface area contributed by atoms with E-state index in [1.807, 2.05) is 30.3 Å². The molecular formula is C25H22ClN3O6. The van der Waals surface area contributed by atoms with Crippen LogP contribution in [0.4, 0.5) is 0 Å². The molecule has 2 heterocycles. The molecule has 0 bridgehead atoms. The minimum Gasteiger partial charge on any atom is -0.465 e. The lowest BCUT2D eigenvalue weighted by molar-refractivity contribution is 0.0592. The van der Waals surface area contributed by atoms with E-state index in [-0.39, 0.29) is 30.0 Å². The van der Waals surface area contributed by atoms with Gasteiger partial charge in [0.2, 0.25) is 0 Å². The molecule has 0 aliphatic heterocycles. The molecule has 1 N–H and O–H groups in total. The molecule has 0 spiro atoms. The second kappa shape index (κ2) is 9.63. The van der Waals surface area contributed by atoms with Gasteiger partial charge in [0.25, 0.3) is 0 Å². The number of carbonyl (C=O) groups excluding carboxylic acids is 2. The maximum absolute atomic E-state index is 13.3. The van der Waals surface area contributed by atoms with Crippen molar-refractivity contribution in [3.05, 3.63) is 102 Å². The molecule has 2 aromatic heterocycles. The number of ether oxygens (including phenoxy) is 2. The van der Waals surface area contributed by atoms with Gasteiger partial charge in [0, 0.05) is 5.02 Å². The highest BCUT2D eigenvalue weighted by molar-refractivity contribution is 6.31. The van der Waals surface area contributed by atoms with Crippen molar-refractivity contribution in [2.45, 2.75) is 20.0 Å². The Labute approximate surface area is 204 Å². The van der Waals surface area contributed by atoms with Crippen molar-refractivity contribution in [2.24, 2.45) is 0 Å². The largest absolute Gasteiger partial charge is 0.465 e. The third kappa shape index (κ3) is 4.38. The first kappa shape index (κ1) is 24.0. The number of fused-ring (bicyclic) bond motifs is 1. The molecule has 180 valence electrons. The summed E-state index contributed by atoms with van der Waals surface area (Å²) < 4.78 is 12.3. The molecule has 0 fully saturated rings. The van der Waals surface area contributed by atoms with Crippen molar-refractivity contribution in [1.82, 2.24) is 14.1 Å². The zero-order chi connectivity index (χ0) is 25.3. The van der Waals surface area contributed by atoms with E-state index in [9.17, 15) is 19.2 Å². The summed E-state index contributed by atoms with van der Waals surface area (Å²) in [6.45, 7) is 1.54. The van der Waals surface area contributed by atoms with Gasteiger partial charge in [-0.05, 0) is 36.2 Å². The number of methoxy groups -OCH3 is 2. The van der Waals surface area contributed by atoms with E-state index in [0.717, 1.165) is 5.56 Å². The Balaban J connectivity index is 1.94. The predicted molar refractivity (Wildman–Crippen MR) is 130 cm³/mol. The number of nitrogens with one attached hydrogen (secondary N) is 1. The molecule has 0 saturated heterocycles. The minimum absolute atomic E-state index is 0.0516. The summed E-state index contributed by atoms with van der Waals surface area (Å²) in [6, 6.07) is 14.2. The molecule has 4 aromatic rings. The average molecular weight is 496 g/mol. The van der Waals surface area contributed by atoms with Crippen molar-refractivity contribution in [3.8, 4) is 0 Å². The number of H-pyrrole nitrogens is 1. The number of benzene rings is 2. The van der Waals surface area contributed by atoms with Gasteiger partial charge in [0.15, 0.2) is 0 Å². The van der Waals surface area contributed by atoms with Crippen molar-refractivity contribution in [3.63, 3.8) is 0 Å². The van der Waals surface area contributed by atoms with Gasteiger partial charge in [0.1, 0.15) is 5.69 Å². The van der Waals surface area contributed by atoms with Crippen LogP contribution in [0.15, 0.2) is 58.1 Å². The Morgan fingerprint density at radius 2 is 1.51 bits per heavy atom. The van der Waals surface area contributed by atoms with Crippen LogP contribution in [0.2, 0.25) is 5.02 Å². The van der Waals surface area contributed by atoms with E-state index >= 15 is 0 Å². The van der Waals surface area contributed by atoms with Gasteiger partial charge >= 0.3 is 23.1 Å². The Morgan fingerprint density at radius 3 is 2.14 bits per heavy atom. The lowest BCUT2D eigenvalue weighted by atomic mass is 10.1. The summed E-state index contributed by atoms with van der Waals surface area (Å²) in [7, 11) is 2.43. The molecule has 0 aliphatic carbocycles. The third-order valence-electron chi connectivity index (χ3n) is 5.80. The summed E-state index contributed by atoms with van der Waals surface area (Å²) in [6.07, 6.45) is 0. The number of nitrogens with zero attached hydrogens (tertiary/aromatic N) is 2. The molecule has 10 heteroatoms. The quantitative estimate of drug-likeness (QED) is 0.325. The normalized spacial score (nSPS) is 11.0. The van der Waals surface area contributed by atoms with Gasteiger partial charge in [-0.3, -0.25) is 18.7 Å². The van der Waals surface area contributed by atoms with E-state index in [4.69, 9.17) is 21.1 Å². The number of hydrogen-bond acceptors (Lipinski definition) is 6. The molecule has 0 radical (unpaired) electrons. The third-order valence-corrected chi connectivity index (χ3v) is 6.03. The van der Waals surface area contributed by atoms with Crippen LogP contribution in [0.5, 0.6) is 0 Å². The Bertz CT molecular complexity index is 1570. The van der Waals surface area contributed by atoms with Crippen LogP contribution in [0.3, 0.4) is 0 Å². The molecule has 0 atom stereocenters. The Kier molecular flexibility index (Phi) is 6.61. The SMILES string of the molecule is COC(=O)c1[nH]c(Cn2c(=O)c(=O)n(Cc3ccccc3)c3ccc(Cl)cc32)c(C(=O)OC)c1C. The lowest BCUT2D eigenvalue weighted by Gasteiger charge is -2.16. The van der Waals surface area contributed by atoms with E-state index in [0.29, 0.717) is 21.6 Å². The van der Waals surface area contributed by atoms with E-state index < -0.39 is 23.1 Å². The number of carbonyl (C=O) groups is 2. The van der Waals surface area contributed by atoms with Crippen LogP contribution < -0.4 is 11.1 Å². The van der Waals surface area contributed by atoms with Gasteiger partial charge in [-0.15, -0.1) is 0 Å². The highest BCUT2D eigenvalue weighted by Crippen LogP contribution is 2.23. The second-order valence-corrected chi connectivity index (χ2v) is 8.30. The van der Waals surface area contributed by atoms with Gasteiger partial charge in [-0.1, -0.05) is 41.9 Å².